The van der Waals surface area contributed by atoms with Gasteiger partial charge in [-0.1, -0.05) is 36.4 Å². The summed E-state index contributed by atoms with van der Waals surface area (Å²) in [5, 5.41) is 3.41. The van der Waals surface area contributed by atoms with Crippen LogP contribution < -0.4 is 10.1 Å². The van der Waals surface area contributed by atoms with Crippen LogP contribution in [0.1, 0.15) is 22.3 Å². The van der Waals surface area contributed by atoms with Crippen LogP contribution >= 0.6 is 0 Å². The highest BCUT2D eigenvalue weighted by molar-refractivity contribution is 5.36. The van der Waals surface area contributed by atoms with E-state index in [1.165, 1.54) is 22.3 Å². The Kier molecular flexibility index (Phi) is 3.37. The van der Waals surface area contributed by atoms with Gasteiger partial charge >= 0.3 is 0 Å². The predicted molar refractivity (Wildman–Crippen MR) is 83.0 cm³/mol. The van der Waals surface area contributed by atoms with Gasteiger partial charge in [-0.25, -0.2) is 0 Å². The van der Waals surface area contributed by atoms with Crippen LogP contribution in [0.25, 0.3) is 0 Å². The molecule has 3 nitrogen and oxygen atoms in total. The van der Waals surface area contributed by atoms with Crippen LogP contribution in [0.3, 0.4) is 0 Å². The van der Waals surface area contributed by atoms with Crippen molar-refractivity contribution in [1.29, 1.82) is 0 Å². The van der Waals surface area contributed by atoms with E-state index in [1.807, 2.05) is 6.07 Å². The summed E-state index contributed by atoms with van der Waals surface area (Å²) >= 11 is 0. The maximum atomic E-state index is 5.84. The summed E-state index contributed by atoms with van der Waals surface area (Å²) < 4.78 is 5.84. The first-order chi connectivity index (χ1) is 10.4. The number of fused-ring (bicyclic) bond motifs is 2. The minimum Gasteiger partial charge on any atom is -0.492 e. The topological polar surface area (TPSA) is 24.5 Å². The number of para-hydroxylation sites is 1. The van der Waals surface area contributed by atoms with E-state index in [2.05, 4.69) is 46.6 Å². The van der Waals surface area contributed by atoms with Gasteiger partial charge in [0.05, 0.1) is 0 Å². The van der Waals surface area contributed by atoms with Crippen LogP contribution in [-0.2, 0) is 26.2 Å². The van der Waals surface area contributed by atoms with Gasteiger partial charge in [-0.15, -0.1) is 0 Å². The van der Waals surface area contributed by atoms with E-state index in [0.717, 1.165) is 45.1 Å². The molecule has 0 bridgehead atoms. The lowest BCUT2D eigenvalue weighted by atomic mass is 10.1. The van der Waals surface area contributed by atoms with Crippen LogP contribution in [-0.4, -0.2) is 18.1 Å². The lowest BCUT2D eigenvalue weighted by Gasteiger charge is -2.19. The summed E-state index contributed by atoms with van der Waals surface area (Å²) in [6.07, 6.45) is 0. The summed E-state index contributed by atoms with van der Waals surface area (Å²) in [7, 11) is 0. The van der Waals surface area contributed by atoms with E-state index in [-0.39, 0.29) is 0 Å². The van der Waals surface area contributed by atoms with E-state index in [4.69, 9.17) is 4.74 Å². The van der Waals surface area contributed by atoms with E-state index in [0.29, 0.717) is 0 Å². The highest BCUT2D eigenvalue weighted by Gasteiger charge is 2.16. The number of nitrogens with zero attached hydrogens (tertiary/aromatic N) is 1. The Bertz CT molecular complexity index is 653. The summed E-state index contributed by atoms with van der Waals surface area (Å²) in [6.45, 7) is 5.72. The molecule has 0 unspecified atom stereocenters. The Labute approximate surface area is 125 Å². The molecule has 0 saturated heterocycles. The Balaban J connectivity index is 1.52. The third kappa shape index (κ3) is 2.67. The highest BCUT2D eigenvalue weighted by atomic mass is 16.5. The number of ether oxygens (including phenoxy) is 1. The van der Waals surface area contributed by atoms with Crippen LogP contribution in [0.5, 0.6) is 5.75 Å². The molecular formula is C18H20N2O. The summed E-state index contributed by atoms with van der Waals surface area (Å²) in [5.41, 5.74) is 5.59. The SMILES string of the molecule is c1ccc2c(c1)CN(Cc1ccc3c(c1)CNC3)CCO2. The van der Waals surface area contributed by atoms with Crippen molar-refractivity contribution in [3.05, 3.63) is 64.7 Å². The zero-order valence-electron chi connectivity index (χ0n) is 12.1. The second-order valence-electron chi connectivity index (χ2n) is 5.87. The molecule has 0 spiro atoms. The van der Waals surface area contributed by atoms with Gasteiger partial charge in [-0.2, -0.15) is 0 Å². The quantitative estimate of drug-likeness (QED) is 0.915. The van der Waals surface area contributed by atoms with Gasteiger partial charge in [0, 0.05) is 38.3 Å². The van der Waals surface area contributed by atoms with E-state index < -0.39 is 0 Å². The second-order valence-corrected chi connectivity index (χ2v) is 5.87. The molecule has 0 aliphatic carbocycles. The van der Waals surface area contributed by atoms with Crippen LogP contribution in [0.4, 0.5) is 0 Å². The summed E-state index contributed by atoms with van der Waals surface area (Å²) in [5.74, 6) is 1.04. The van der Waals surface area contributed by atoms with E-state index in [1.54, 1.807) is 0 Å². The maximum absolute atomic E-state index is 5.84. The van der Waals surface area contributed by atoms with Crippen LogP contribution in [0, 0.1) is 0 Å². The van der Waals surface area contributed by atoms with E-state index in [9.17, 15) is 0 Å². The van der Waals surface area contributed by atoms with Crippen molar-refractivity contribution >= 4 is 0 Å². The molecule has 0 saturated carbocycles. The van der Waals surface area contributed by atoms with Gasteiger partial charge in [0.25, 0.3) is 0 Å². The summed E-state index contributed by atoms with van der Waals surface area (Å²) in [6, 6.07) is 15.3. The molecule has 0 atom stereocenters. The zero-order chi connectivity index (χ0) is 14.1. The first-order valence-corrected chi connectivity index (χ1v) is 7.63. The average Bonchev–Trinajstić information content (AvgIpc) is 2.87. The molecule has 2 aliphatic heterocycles. The normalized spacial score (nSPS) is 17.7. The third-order valence-corrected chi connectivity index (χ3v) is 4.34. The van der Waals surface area contributed by atoms with Crippen molar-refractivity contribution < 1.29 is 4.74 Å². The Morgan fingerprint density at radius 2 is 1.90 bits per heavy atom. The molecule has 0 fully saturated rings. The van der Waals surface area contributed by atoms with Gasteiger partial charge in [0.2, 0.25) is 0 Å². The zero-order valence-corrected chi connectivity index (χ0v) is 12.1. The standard InChI is InChI=1S/C18H20N2O/c1-2-4-18-16(3-1)13-20(7-8-21-18)12-14-5-6-15-10-19-11-17(15)9-14/h1-6,9,19H,7-8,10-13H2. The van der Waals surface area contributed by atoms with Gasteiger partial charge in [0.15, 0.2) is 0 Å². The minimum absolute atomic E-state index is 0.767. The average molecular weight is 280 g/mol. The highest BCUT2D eigenvalue weighted by Crippen LogP contribution is 2.24. The second kappa shape index (κ2) is 5.51. The molecule has 3 heteroatoms. The molecule has 2 aliphatic rings. The fraction of sp³-hybridized carbons (Fsp3) is 0.333. The molecule has 0 aromatic heterocycles. The maximum Gasteiger partial charge on any atom is 0.123 e. The van der Waals surface area contributed by atoms with Crippen molar-refractivity contribution in [1.82, 2.24) is 10.2 Å². The first kappa shape index (κ1) is 12.9. The van der Waals surface area contributed by atoms with Gasteiger partial charge < -0.3 is 10.1 Å². The molecule has 1 N–H and O–H groups in total. The molecule has 108 valence electrons. The van der Waals surface area contributed by atoms with Gasteiger partial charge in [-0.05, 0) is 22.8 Å². The number of hydrogen-bond acceptors (Lipinski definition) is 3. The molecule has 4 rings (SSSR count). The van der Waals surface area contributed by atoms with Crippen LogP contribution in [0.2, 0.25) is 0 Å². The number of nitrogens with one attached hydrogen (secondary N) is 1. The van der Waals surface area contributed by atoms with Crippen molar-refractivity contribution in [3.63, 3.8) is 0 Å². The third-order valence-electron chi connectivity index (χ3n) is 4.34. The largest absolute Gasteiger partial charge is 0.492 e. The Morgan fingerprint density at radius 3 is 2.90 bits per heavy atom. The fourth-order valence-corrected chi connectivity index (χ4v) is 3.22. The molecule has 0 radical (unpaired) electrons. The number of rotatable bonds is 2. The molecule has 2 aromatic rings. The number of hydrogen-bond donors (Lipinski definition) is 1. The monoisotopic (exact) mass is 280 g/mol. The van der Waals surface area contributed by atoms with Crippen molar-refractivity contribution in [2.75, 3.05) is 13.2 Å². The van der Waals surface area contributed by atoms with Gasteiger partial charge in [-0.3, -0.25) is 4.90 Å². The molecule has 21 heavy (non-hydrogen) atoms. The van der Waals surface area contributed by atoms with Gasteiger partial charge in [0.1, 0.15) is 12.4 Å². The van der Waals surface area contributed by atoms with Crippen molar-refractivity contribution in [3.8, 4) is 5.75 Å². The fourth-order valence-electron chi connectivity index (χ4n) is 3.22. The Morgan fingerprint density at radius 1 is 1.00 bits per heavy atom. The Hall–Kier alpha value is -1.84. The first-order valence-electron chi connectivity index (χ1n) is 7.63. The predicted octanol–water partition coefficient (Wildman–Crippen LogP) is 2.68. The molecule has 0 amide bonds. The summed E-state index contributed by atoms with van der Waals surface area (Å²) in [4.78, 5) is 2.47. The minimum atomic E-state index is 0.767. The molecule has 2 aromatic carbocycles. The van der Waals surface area contributed by atoms with Crippen molar-refractivity contribution in [2.45, 2.75) is 26.2 Å². The lowest BCUT2D eigenvalue weighted by molar-refractivity contribution is 0.219. The molecular weight excluding hydrogens is 260 g/mol. The van der Waals surface area contributed by atoms with Crippen LogP contribution in [0.15, 0.2) is 42.5 Å². The smallest absolute Gasteiger partial charge is 0.123 e. The molecule has 2 heterocycles. The number of benzene rings is 2. The lowest BCUT2D eigenvalue weighted by Crippen LogP contribution is -2.25. The van der Waals surface area contributed by atoms with Crippen molar-refractivity contribution in [2.24, 2.45) is 0 Å². The van der Waals surface area contributed by atoms with E-state index >= 15 is 0 Å².